The summed E-state index contributed by atoms with van der Waals surface area (Å²) in [6, 6.07) is 12.0. The fourth-order valence-corrected chi connectivity index (χ4v) is 3.36. The molecule has 2 aromatic rings. The molecule has 1 fully saturated rings. The molecule has 0 spiro atoms. The monoisotopic (exact) mass is 352 g/mol. The van der Waals surface area contributed by atoms with Gasteiger partial charge in [0.2, 0.25) is 0 Å². The minimum Gasteiger partial charge on any atom is -0.356 e. The van der Waals surface area contributed by atoms with Crippen LogP contribution in [0.3, 0.4) is 0 Å². The summed E-state index contributed by atoms with van der Waals surface area (Å²) in [5.41, 5.74) is 1.61. The average molecular weight is 352 g/mol. The van der Waals surface area contributed by atoms with Crippen LogP contribution in [-0.2, 0) is 6.54 Å². The van der Waals surface area contributed by atoms with Gasteiger partial charge in [-0.25, -0.2) is 9.97 Å². The number of piperidine rings is 1. The van der Waals surface area contributed by atoms with Crippen molar-refractivity contribution >= 4 is 11.7 Å². The van der Waals surface area contributed by atoms with Gasteiger partial charge >= 0.3 is 0 Å². The zero-order valence-corrected chi connectivity index (χ0v) is 16.0. The number of amides is 1. The molecule has 0 atom stereocenters. The number of aryl methyl sites for hydroxylation is 1. The summed E-state index contributed by atoms with van der Waals surface area (Å²) in [5.74, 6) is 1.50. The molecule has 0 bridgehead atoms. The molecular weight excluding hydrogens is 324 g/mol. The molecule has 26 heavy (non-hydrogen) atoms. The molecule has 1 aliphatic heterocycles. The van der Waals surface area contributed by atoms with E-state index in [1.807, 2.05) is 62.1 Å². The predicted octanol–water partition coefficient (Wildman–Crippen LogP) is 3.83. The van der Waals surface area contributed by atoms with Crippen LogP contribution in [0.1, 0.15) is 55.0 Å². The standard InChI is InChI=1S/C21H28N4O/c1-16(2)25(15-18-10-6-4-7-11-18)21(26)19-14-20(23-17(3)22-19)24-12-8-5-9-13-24/h4,6-7,10-11,14,16H,5,8-9,12-13,15H2,1-3H3. The Bertz CT molecular complexity index is 739. The minimum atomic E-state index is -0.0346. The number of rotatable bonds is 5. The smallest absolute Gasteiger partial charge is 0.273 e. The van der Waals surface area contributed by atoms with Gasteiger partial charge in [-0.3, -0.25) is 4.79 Å². The molecule has 5 heteroatoms. The first-order valence-electron chi connectivity index (χ1n) is 9.50. The van der Waals surface area contributed by atoms with Crippen molar-refractivity contribution in [3.63, 3.8) is 0 Å². The maximum absolute atomic E-state index is 13.2. The fourth-order valence-electron chi connectivity index (χ4n) is 3.36. The summed E-state index contributed by atoms with van der Waals surface area (Å²) < 4.78 is 0. The van der Waals surface area contributed by atoms with Gasteiger partial charge < -0.3 is 9.80 Å². The highest BCUT2D eigenvalue weighted by Crippen LogP contribution is 2.20. The lowest BCUT2D eigenvalue weighted by Gasteiger charge is -2.29. The third kappa shape index (κ3) is 4.40. The summed E-state index contributed by atoms with van der Waals surface area (Å²) in [7, 11) is 0. The average Bonchev–Trinajstić information content (AvgIpc) is 2.66. The first-order valence-corrected chi connectivity index (χ1v) is 9.50. The molecule has 0 radical (unpaired) electrons. The highest BCUT2D eigenvalue weighted by atomic mass is 16.2. The molecule has 0 unspecified atom stereocenters. The number of nitrogens with zero attached hydrogens (tertiary/aromatic N) is 4. The van der Waals surface area contributed by atoms with Gasteiger partial charge in [-0.05, 0) is 45.6 Å². The van der Waals surface area contributed by atoms with Gasteiger partial charge in [0.1, 0.15) is 17.3 Å². The number of aromatic nitrogens is 2. The predicted molar refractivity (Wildman–Crippen MR) is 104 cm³/mol. The van der Waals surface area contributed by atoms with Crippen molar-refractivity contribution in [3.05, 3.63) is 53.5 Å². The number of carbonyl (C=O) groups excluding carboxylic acids is 1. The summed E-state index contributed by atoms with van der Waals surface area (Å²) in [4.78, 5) is 26.4. The maximum Gasteiger partial charge on any atom is 0.273 e. The van der Waals surface area contributed by atoms with Crippen LogP contribution in [-0.4, -0.2) is 39.9 Å². The summed E-state index contributed by atoms with van der Waals surface area (Å²) in [5, 5.41) is 0. The van der Waals surface area contributed by atoms with E-state index in [4.69, 9.17) is 0 Å². The van der Waals surface area contributed by atoms with Crippen LogP contribution < -0.4 is 4.90 Å². The van der Waals surface area contributed by atoms with Crippen molar-refractivity contribution in [2.75, 3.05) is 18.0 Å². The number of benzene rings is 1. The Balaban J connectivity index is 1.85. The van der Waals surface area contributed by atoms with Gasteiger partial charge in [0, 0.05) is 31.7 Å². The Morgan fingerprint density at radius 1 is 1.12 bits per heavy atom. The van der Waals surface area contributed by atoms with E-state index in [0.717, 1.165) is 24.5 Å². The summed E-state index contributed by atoms with van der Waals surface area (Å²) in [6.45, 7) is 8.53. The van der Waals surface area contributed by atoms with Crippen LogP contribution in [0.4, 0.5) is 5.82 Å². The van der Waals surface area contributed by atoms with Crippen molar-refractivity contribution in [3.8, 4) is 0 Å². The minimum absolute atomic E-state index is 0.0346. The third-order valence-electron chi connectivity index (χ3n) is 4.80. The number of hydrogen-bond donors (Lipinski definition) is 0. The Morgan fingerprint density at radius 3 is 2.46 bits per heavy atom. The van der Waals surface area contributed by atoms with Crippen molar-refractivity contribution in [1.29, 1.82) is 0 Å². The second-order valence-corrected chi connectivity index (χ2v) is 7.22. The molecule has 1 aromatic carbocycles. The highest BCUT2D eigenvalue weighted by Gasteiger charge is 2.23. The van der Waals surface area contributed by atoms with Crippen LogP contribution in [0.15, 0.2) is 36.4 Å². The third-order valence-corrected chi connectivity index (χ3v) is 4.80. The van der Waals surface area contributed by atoms with E-state index in [2.05, 4.69) is 14.9 Å². The maximum atomic E-state index is 13.2. The van der Waals surface area contributed by atoms with Gasteiger partial charge in [0.25, 0.3) is 5.91 Å². The van der Waals surface area contributed by atoms with Gasteiger partial charge in [-0.1, -0.05) is 30.3 Å². The molecule has 1 saturated heterocycles. The first kappa shape index (κ1) is 18.4. The van der Waals surface area contributed by atoms with Crippen LogP contribution >= 0.6 is 0 Å². The van der Waals surface area contributed by atoms with E-state index in [9.17, 15) is 4.79 Å². The van der Waals surface area contributed by atoms with E-state index in [0.29, 0.717) is 18.1 Å². The molecule has 1 aliphatic rings. The summed E-state index contributed by atoms with van der Waals surface area (Å²) in [6.07, 6.45) is 3.63. The zero-order valence-electron chi connectivity index (χ0n) is 16.0. The molecule has 1 amide bonds. The van der Waals surface area contributed by atoms with Gasteiger partial charge in [0.05, 0.1) is 0 Å². The zero-order chi connectivity index (χ0) is 18.5. The Morgan fingerprint density at radius 2 is 1.81 bits per heavy atom. The van der Waals surface area contributed by atoms with Gasteiger partial charge in [-0.15, -0.1) is 0 Å². The topological polar surface area (TPSA) is 49.3 Å². The van der Waals surface area contributed by atoms with Crippen molar-refractivity contribution in [2.24, 2.45) is 0 Å². The normalized spacial score (nSPS) is 14.5. The Labute approximate surface area is 156 Å². The van der Waals surface area contributed by atoms with Crippen molar-refractivity contribution < 1.29 is 4.79 Å². The molecule has 0 N–H and O–H groups in total. The number of anilines is 1. The van der Waals surface area contributed by atoms with Crippen LogP contribution in [0.25, 0.3) is 0 Å². The molecular formula is C21H28N4O. The first-order chi connectivity index (χ1) is 12.5. The number of carbonyl (C=O) groups is 1. The molecule has 0 saturated carbocycles. The molecule has 5 nitrogen and oxygen atoms in total. The fraction of sp³-hybridized carbons (Fsp3) is 0.476. The van der Waals surface area contributed by atoms with E-state index in [1.165, 1.54) is 19.3 Å². The molecule has 3 rings (SSSR count). The lowest BCUT2D eigenvalue weighted by Crippen LogP contribution is -2.37. The quantitative estimate of drug-likeness (QED) is 0.821. The molecule has 0 aliphatic carbocycles. The van der Waals surface area contributed by atoms with Crippen LogP contribution in [0, 0.1) is 6.92 Å². The SMILES string of the molecule is Cc1nc(C(=O)N(Cc2ccccc2)C(C)C)cc(N2CCCCC2)n1. The van der Waals surface area contributed by atoms with Crippen LogP contribution in [0.2, 0.25) is 0 Å². The lowest BCUT2D eigenvalue weighted by molar-refractivity contribution is 0.0684. The molecule has 2 heterocycles. The highest BCUT2D eigenvalue weighted by molar-refractivity contribution is 5.93. The molecule has 1 aromatic heterocycles. The number of hydrogen-bond acceptors (Lipinski definition) is 4. The van der Waals surface area contributed by atoms with E-state index in [-0.39, 0.29) is 11.9 Å². The lowest BCUT2D eigenvalue weighted by atomic mass is 10.1. The summed E-state index contributed by atoms with van der Waals surface area (Å²) >= 11 is 0. The van der Waals surface area contributed by atoms with E-state index >= 15 is 0 Å². The van der Waals surface area contributed by atoms with Crippen molar-refractivity contribution in [2.45, 2.75) is 52.6 Å². The second kappa shape index (κ2) is 8.30. The van der Waals surface area contributed by atoms with Gasteiger partial charge in [-0.2, -0.15) is 0 Å². The van der Waals surface area contributed by atoms with E-state index < -0.39 is 0 Å². The Kier molecular flexibility index (Phi) is 5.86. The second-order valence-electron chi connectivity index (χ2n) is 7.22. The van der Waals surface area contributed by atoms with Gasteiger partial charge in [0.15, 0.2) is 0 Å². The van der Waals surface area contributed by atoms with Crippen molar-refractivity contribution in [1.82, 2.24) is 14.9 Å². The van der Waals surface area contributed by atoms with Crippen LogP contribution in [0.5, 0.6) is 0 Å². The molecule has 138 valence electrons. The largest absolute Gasteiger partial charge is 0.356 e. The van der Waals surface area contributed by atoms with E-state index in [1.54, 1.807) is 0 Å². The Hall–Kier alpha value is -2.43.